The predicted molar refractivity (Wildman–Crippen MR) is 112 cm³/mol. The van der Waals surface area contributed by atoms with Gasteiger partial charge < -0.3 is 14.9 Å². The van der Waals surface area contributed by atoms with Crippen molar-refractivity contribution >= 4 is 28.2 Å². The second-order valence-corrected chi connectivity index (χ2v) is 8.54. The average Bonchev–Trinajstić information content (AvgIpc) is 3.39. The number of amides is 1. The van der Waals surface area contributed by atoms with Crippen LogP contribution in [0.15, 0.2) is 53.4 Å². The standard InChI is InChI=1S/C21H20N4O3S/c1-21(2,12-26)11-24-19(27)17-10-23-20(29-17)18-15-4-3-14(9-16(15)28-25-18)13-5-7-22-8-6-13/h3-10,26H,11-12H2,1-2H3,(H,24,27). The molecule has 4 rings (SSSR count). The maximum Gasteiger partial charge on any atom is 0.263 e. The number of pyridine rings is 1. The molecule has 0 unspecified atom stereocenters. The van der Waals surface area contributed by atoms with E-state index in [1.165, 1.54) is 17.5 Å². The molecule has 1 amide bonds. The first-order valence-electron chi connectivity index (χ1n) is 9.12. The Hall–Kier alpha value is -3.10. The van der Waals surface area contributed by atoms with Crippen molar-refractivity contribution in [1.29, 1.82) is 0 Å². The minimum absolute atomic E-state index is 0.00632. The Morgan fingerprint density at radius 2 is 2.00 bits per heavy atom. The molecule has 29 heavy (non-hydrogen) atoms. The molecule has 0 aliphatic carbocycles. The first-order chi connectivity index (χ1) is 14.0. The van der Waals surface area contributed by atoms with E-state index >= 15 is 0 Å². The number of aromatic nitrogens is 3. The second kappa shape index (κ2) is 7.73. The third-order valence-corrected chi connectivity index (χ3v) is 5.58. The quantitative estimate of drug-likeness (QED) is 0.504. The van der Waals surface area contributed by atoms with Gasteiger partial charge in [-0.3, -0.25) is 9.78 Å². The summed E-state index contributed by atoms with van der Waals surface area (Å²) in [4.78, 5) is 21.3. The molecule has 0 aliphatic rings. The highest BCUT2D eigenvalue weighted by Gasteiger charge is 2.21. The summed E-state index contributed by atoms with van der Waals surface area (Å²) >= 11 is 1.26. The zero-order valence-electron chi connectivity index (χ0n) is 16.0. The fourth-order valence-electron chi connectivity index (χ4n) is 2.77. The number of hydrogen-bond donors (Lipinski definition) is 2. The van der Waals surface area contributed by atoms with E-state index in [4.69, 9.17) is 4.52 Å². The van der Waals surface area contributed by atoms with Crippen LogP contribution in [0, 0.1) is 5.41 Å². The number of benzene rings is 1. The molecule has 148 valence electrons. The van der Waals surface area contributed by atoms with Gasteiger partial charge in [-0.2, -0.15) is 0 Å². The normalized spacial score (nSPS) is 11.7. The van der Waals surface area contributed by atoms with E-state index in [2.05, 4.69) is 20.4 Å². The van der Waals surface area contributed by atoms with Gasteiger partial charge in [-0.1, -0.05) is 25.1 Å². The molecule has 0 radical (unpaired) electrons. The lowest BCUT2D eigenvalue weighted by Crippen LogP contribution is -2.35. The number of nitrogens with zero attached hydrogens (tertiary/aromatic N) is 3. The highest BCUT2D eigenvalue weighted by atomic mass is 32.1. The van der Waals surface area contributed by atoms with Gasteiger partial charge in [-0.15, -0.1) is 11.3 Å². The summed E-state index contributed by atoms with van der Waals surface area (Å²) in [7, 11) is 0. The van der Waals surface area contributed by atoms with Gasteiger partial charge in [0.15, 0.2) is 5.58 Å². The molecule has 0 atom stereocenters. The highest BCUT2D eigenvalue weighted by Crippen LogP contribution is 2.33. The molecule has 3 heterocycles. The van der Waals surface area contributed by atoms with E-state index in [0.29, 0.717) is 27.7 Å². The van der Waals surface area contributed by atoms with Crippen LogP contribution in [0.4, 0.5) is 0 Å². The minimum Gasteiger partial charge on any atom is -0.396 e. The topological polar surface area (TPSA) is 101 Å². The van der Waals surface area contributed by atoms with E-state index in [9.17, 15) is 9.90 Å². The number of carbonyl (C=O) groups is 1. The minimum atomic E-state index is -0.377. The lowest BCUT2D eigenvalue weighted by Gasteiger charge is -2.21. The van der Waals surface area contributed by atoms with Gasteiger partial charge in [0.1, 0.15) is 15.6 Å². The number of rotatable bonds is 6. The van der Waals surface area contributed by atoms with Gasteiger partial charge in [0.2, 0.25) is 0 Å². The molecule has 0 spiro atoms. The van der Waals surface area contributed by atoms with Crippen molar-refractivity contribution in [2.75, 3.05) is 13.2 Å². The van der Waals surface area contributed by atoms with Crippen LogP contribution < -0.4 is 5.32 Å². The molecule has 0 saturated heterocycles. The molecule has 4 aromatic rings. The molecule has 0 aliphatic heterocycles. The van der Waals surface area contributed by atoms with Crippen molar-refractivity contribution in [2.45, 2.75) is 13.8 Å². The van der Waals surface area contributed by atoms with Crippen molar-refractivity contribution in [3.63, 3.8) is 0 Å². The monoisotopic (exact) mass is 408 g/mol. The number of thiazole rings is 1. The first-order valence-corrected chi connectivity index (χ1v) is 9.93. The van der Waals surface area contributed by atoms with Crippen molar-refractivity contribution in [1.82, 2.24) is 20.4 Å². The van der Waals surface area contributed by atoms with Crippen molar-refractivity contribution < 1.29 is 14.4 Å². The Morgan fingerprint density at radius 3 is 2.76 bits per heavy atom. The summed E-state index contributed by atoms with van der Waals surface area (Å²) in [6.07, 6.45) is 5.03. The summed E-state index contributed by atoms with van der Waals surface area (Å²) in [6.45, 7) is 4.13. The first kappa shape index (κ1) is 19.2. The number of aliphatic hydroxyl groups is 1. The smallest absolute Gasteiger partial charge is 0.263 e. The van der Waals surface area contributed by atoms with E-state index in [1.54, 1.807) is 12.4 Å². The maximum absolute atomic E-state index is 12.4. The van der Waals surface area contributed by atoms with Crippen molar-refractivity contribution in [2.24, 2.45) is 5.41 Å². The van der Waals surface area contributed by atoms with Crippen LogP contribution in [0.5, 0.6) is 0 Å². The lowest BCUT2D eigenvalue weighted by atomic mass is 9.95. The Labute approximate surface area is 171 Å². The summed E-state index contributed by atoms with van der Waals surface area (Å²) in [5, 5.41) is 17.8. The van der Waals surface area contributed by atoms with Crippen LogP contribution >= 0.6 is 11.3 Å². The molecule has 3 aromatic heterocycles. The molecule has 0 saturated carbocycles. The summed E-state index contributed by atoms with van der Waals surface area (Å²) in [5.74, 6) is -0.219. The Kier molecular flexibility index (Phi) is 5.12. The summed E-state index contributed by atoms with van der Waals surface area (Å²) in [6, 6.07) is 9.74. The van der Waals surface area contributed by atoms with Gasteiger partial charge in [-0.05, 0) is 35.4 Å². The molecular weight excluding hydrogens is 388 g/mol. The highest BCUT2D eigenvalue weighted by molar-refractivity contribution is 7.17. The van der Waals surface area contributed by atoms with Crippen LogP contribution in [-0.4, -0.2) is 39.3 Å². The van der Waals surface area contributed by atoms with E-state index in [-0.39, 0.29) is 17.9 Å². The van der Waals surface area contributed by atoms with E-state index in [0.717, 1.165) is 16.5 Å². The maximum atomic E-state index is 12.4. The van der Waals surface area contributed by atoms with E-state index < -0.39 is 0 Å². The molecule has 0 bridgehead atoms. The van der Waals surface area contributed by atoms with Gasteiger partial charge >= 0.3 is 0 Å². The van der Waals surface area contributed by atoms with Gasteiger partial charge in [-0.25, -0.2) is 4.98 Å². The van der Waals surface area contributed by atoms with Crippen LogP contribution in [-0.2, 0) is 0 Å². The SMILES string of the molecule is CC(C)(CO)CNC(=O)c1cnc(-c2noc3cc(-c4ccncc4)ccc23)s1. The average molecular weight is 408 g/mol. The van der Waals surface area contributed by atoms with Crippen LogP contribution in [0.1, 0.15) is 23.5 Å². The van der Waals surface area contributed by atoms with Crippen LogP contribution in [0.2, 0.25) is 0 Å². The van der Waals surface area contributed by atoms with Crippen molar-refractivity contribution in [3.05, 3.63) is 53.8 Å². The fraction of sp³-hybridized carbons (Fsp3) is 0.238. The molecule has 0 fully saturated rings. The second-order valence-electron chi connectivity index (χ2n) is 7.51. The Morgan fingerprint density at radius 1 is 1.21 bits per heavy atom. The predicted octanol–water partition coefficient (Wildman–Crippen LogP) is 3.76. The summed E-state index contributed by atoms with van der Waals surface area (Å²) < 4.78 is 5.51. The molecular formula is C21H20N4O3S. The van der Waals surface area contributed by atoms with Crippen LogP contribution in [0.3, 0.4) is 0 Å². The number of hydrogen-bond acceptors (Lipinski definition) is 7. The zero-order chi connectivity index (χ0) is 20.4. The molecule has 1 aromatic carbocycles. The van der Waals surface area contributed by atoms with Crippen molar-refractivity contribution in [3.8, 4) is 21.8 Å². The van der Waals surface area contributed by atoms with E-state index in [1.807, 2.05) is 44.2 Å². The number of nitrogens with one attached hydrogen (secondary N) is 1. The molecule has 8 heteroatoms. The lowest BCUT2D eigenvalue weighted by molar-refractivity contribution is 0.0915. The largest absolute Gasteiger partial charge is 0.396 e. The third kappa shape index (κ3) is 4.03. The fourth-order valence-corrected chi connectivity index (χ4v) is 3.59. The third-order valence-electron chi connectivity index (χ3n) is 4.57. The van der Waals surface area contributed by atoms with Gasteiger partial charge in [0.25, 0.3) is 5.91 Å². The molecule has 2 N–H and O–H groups in total. The Balaban J connectivity index is 1.57. The van der Waals surface area contributed by atoms with Crippen LogP contribution in [0.25, 0.3) is 32.8 Å². The van der Waals surface area contributed by atoms with Gasteiger partial charge in [0.05, 0.1) is 11.6 Å². The number of aliphatic hydroxyl groups excluding tert-OH is 1. The molecule has 7 nitrogen and oxygen atoms in total. The zero-order valence-corrected chi connectivity index (χ0v) is 16.9. The number of carbonyl (C=O) groups excluding carboxylic acids is 1. The summed E-state index contributed by atoms with van der Waals surface area (Å²) in [5.41, 5.74) is 2.94. The number of fused-ring (bicyclic) bond motifs is 1. The van der Waals surface area contributed by atoms with Gasteiger partial charge in [0, 0.05) is 31.0 Å². The Bertz CT molecular complexity index is 1150.